The second kappa shape index (κ2) is 6.67. The van der Waals surface area contributed by atoms with Crippen LogP contribution in [0.1, 0.15) is 0 Å². The highest BCUT2D eigenvalue weighted by Crippen LogP contribution is 2.31. The number of hydrogen-bond acceptors (Lipinski definition) is 5. The molecule has 0 aliphatic heterocycles. The SMILES string of the molecule is Nc1c(Nc2cc(F)ccc2F)ncnc1Nc1ccccc1Cl. The molecule has 122 valence electrons. The minimum atomic E-state index is -0.630. The van der Waals surface area contributed by atoms with Crippen molar-refractivity contribution in [1.82, 2.24) is 9.97 Å². The van der Waals surface area contributed by atoms with E-state index in [1.807, 2.05) is 0 Å². The highest BCUT2D eigenvalue weighted by molar-refractivity contribution is 6.33. The molecule has 0 fully saturated rings. The monoisotopic (exact) mass is 347 g/mol. The summed E-state index contributed by atoms with van der Waals surface area (Å²) in [6.45, 7) is 0. The van der Waals surface area contributed by atoms with Crippen LogP contribution in [0.4, 0.5) is 37.5 Å². The summed E-state index contributed by atoms with van der Waals surface area (Å²) in [5.41, 5.74) is 6.67. The maximum Gasteiger partial charge on any atom is 0.159 e. The molecule has 0 radical (unpaired) electrons. The predicted octanol–water partition coefficient (Wildman–Crippen LogP) is 4.48. The summed E-state index contributed by atoms with van der Waals surface area (Å²) in [6, 6.07) is 10.1. The van der Waals surface area contributed by atoms with Crippen LogP contribution in [-0.4, -0.2) is 9.97 Å². The van der Waals surface area contributed by atoms with Gasteiger partial charge in [-0.15, -0.1) is 0 Å². The number of nitrogens with two attached hydrogens (primary N) is 1. The fourth-order valence-electron chi connectivity index (χ4n) is 2.01. The molecule has 1 heterocycles. The van der Waals surface area contributed by atoms with Crippen LogP contribution in [0.15, 0.2) is 48.8 Å². The van der Waals surface area contributed by atoms with Gasteiger partial charge in [0, 0.05) is 6.07 Å². The molecule has 0 saturated carbocycles. The van der Waals surface area contributed by atoms with Crippen LogP contribution in [0.25, 0.3) is 0 Å². The highest BCUT2D eigenvalue weighted by atomic mass is 35.5. The lowest BCUT2D eigenvalue weighted by atomic mass is 10.3. The summed E-state index contributed by atoms with van der Waals surface area (Å²) in [4.78, 5) is 8.00. The Hall–Kier alpha value is -2.93. The molecule has 0 aliphatic carbocycles. The summed E-state index contributed by atoms with van der Waals surface area (Å²) in [5, 5.41) is 6.12. The van der Waals surface area contributed by atoms with Gasteiger partial charge in [0.25, 0.3) is 0 Å². The number of hydrogen-bond donors (Lipinski definition) is 3. The first-order chi connectivity index (χ1) is 11.5. The van der Waals surface area contributed by atoms with Gasteiger partial charge in [-0.1, -0.05) is 23.7 Å². The number of benzene rings is 2. The Morgan fingerprint density at radius 1 is 0.917 bits per heavy atom. The second-order valence-electron chi connectivity index (χ2n) is 4.84. The van der Waals surface area contributed by atoms with Crippen molar-refractivity contribution in [2.24, 2.45) is 0 Å². The molecule has 3 aromatic rings. The molecule has 0 atom stereocenters. The quantitative estimate of drug-likeness (QED) is 0.649. The lowest BCUT2D eigenvalue weighted by Crippen LogP contribution is -2.06. The zero-order valence-electron chi connectivity index (χ0n) is 12.2. The molecular weight excluding hydrogens is 336 g/mol. The third-order valence-corrected chi connectivity index (χ3v) is 3.52. The van der Waals surface area contributed by atoms with E-state index < -0.39 is 11.6 Å². The summed E-state index contributed by atoms with van der Waals surface area (Å²) < 4.78 is 27.0. The van der Waals surface area contributed by atoms with Crippen molar-refractivity contribution >= 4 is 40.3 Å². The number of halogens is 3. The number of nitrogen functional groups attached to an aromatic ring is 1. The maximum atomic E-state index is 13.7. The predicted molar refractivity (Wildman–Crippen MR) is 90.8 cm³/mol. The average molecular weight is 348 g/mol. The van der Waals surface area contributed by atoms with Crippen molar-refractivity contribution < 1.29 is 8.78 Å². The molecule has 0 saturated heterocycles. The fourth-order valence-corrected chi connectivity index (χ4v) is 2.19. The molecule has 0 spiro atoms. The normalized spacial score (nSPS) is 10.5. The van der Waals surface area contributed by atoms with Gasteiger partial charge < -0.3 is 16.4 Å². The van der Waals surface area contributed by atoms with Gasteiger partial charge in [-0.25, -0.2) is 18.7 Å². The Morgan fingerprint density at radius 3 is 2.29 bits per heavy atom. The van der Waals surface area contributed by atoms with E-state index in [1.165, 1.54) is 6.33 Å². The fraction of sp³-hybridized carbons (Fsp3) is 0. The third-order valence-electron chi connectivity index (χ3n) is 3.19. The van der Waals surface area contributed by atoms with Gasteiger partial charge in [-0.2, -0.15) is 0 Å². The van der Waals surface area contributed by atoms with Gasteiger partial charge in [0.05, 0.1) is 16.4 Å². The van der Waals surface area contributed by atoms with Crippen molar-refractivity contribution in [2.45, 2.75) is 0 Å². The molecule has 5 nitrogen and oxygen atoms in total. The lowest BCUT2D eigenvalue weighted by molar-refractivity contribution is 0.603. The number of nitrogens with zero attached hydrogens (tertiary/aromatic N) is 2. The van der Waals surface area contributed by atoms with E-state index in [1.54, 1.807) is 24.3 Å². The van der Waals surface area contributed by atoms with E-state index >= 15 is 0 Å². The summed E-state index contributed by atoms with van der Waals surface area (Å²) in [5.74, 6) is -0.780. The maximum absolute atomic E-state index is 13.7. The van der Waals surface area contributed by atoms with Crippen LogP contribution < -0.4 is 16.4 Å². The molecule has 3 rings (SSSR count). The van der Waals surface area contributed by atoms with Crippen LogP contribution in [0.3, 0.4) is 0 Å². The first kappa shape index (κ1) is 15.9. The zero-order valence-corrected chi connectivity index (χ0v) is 13.0. The van der Waals surface area contributed by atoms with E-state index in [-0.39, 0.29) is 23.0 Å². The van der Waals surface area contributed by atoms with Crippen molar-refractivity contribution in [3.63, 3.8) is 0 Å². The van der Waals surface area contributed by atoms with E-state index in [0.717, 1.165) is 18.2 Å². The van der Waals surface area contributed by atoms with Gasteiger partial charge >= 0.3 is 0 Å². The van der Waals surface area contributed by atoms with Gasteiger partial charge in [0.2, 0.25) is 0 Å². The second-order valence-corrected chi connectivity index (χ2v) is 5.25. The molecule has 4 N–H and O–H groups in total. The van der Waals surface area contributed by atoms with Crippen molar-refractivity contribution in [3.05, 3.63) is 65.4 Å². The Bertz CT molecular complexity index is 888. The number of aromatic nitrogens is 2. The smallest absolute Gasteiger partial charge is 0.159 e. The van der Waals surface area contributed by atoms with E-state index in [2.05, 4.69) is 20.6 Å². The van der Waals surface area contributed by atoms with Crippen molar-refractivity contribution in [1.29, 1.82) is 0 Å². The summed E-state index contributed by atoms with van der Waals surface area (Å²) in [6.07, 6.45) is 1.25. The van der Waals surface area contributed by atoms with Gasteiger partial charge in [0.1, 0.15) is 23.6 Å². The Balaban J connectivity index is 1.91. The van der Waals surface area contributed by atoms with Crippen LogP contribution in [-0.2, 0) is 0 Å². The molecular formula is C16H12ClF2N5. The third kappa shape index (κ3) is 3.36. The van der Waals surface area contributed by atoms with E-state index in [0.29, 0.717) is 10.7 Å². The zero-order chi connectivity index (χ0) is 17.1. The van der Waals surface area contributed by atoms with Crippen molar-refractivity contribution in [2.75, 3.05) is 16.4 Å². The van der Waals surface area contributed by atoms with Crippen LogP contribution >= 0.6 is 11.6 Å². The minimum Gasteiger partial charge on any atom is -0.393 e. The Labute approximate surface area is 141 Å². The van der Waals surface area contributed by atoms with Crippen molar-refractivity contribution in [3.8, 4) is 0 Å². The van der Waals surface area contributed by atoms with Crippen LogP contribution in [0.2, 0.25) is 5.02 Å². The number of anilines is 5. The molecule has 24 heavy (non-hydrogen) atoms. The molecule has 8 heteroatoms. The molecule has 0 amide bonds. The van der Waals surface area contributed by atoms with Gasteiger partial charge in [-0.3, -0.25) is 0 Å². The topological polar surface area (TPSA) is 75.9 Å². The molecule has 2 aromatic carbocycles. The standard InChI is InChI=1S/C16H12ClF2N5/c17-10-3-1-2-4-12(10)23-15-14(20)16(22-8-21-15)24-13-7-9(18)5-6-11(13)19/h1-8H,20H2,(H2,21,22,23,24). The molecule has 0 unspecified atom stereocenters. The lowest BCUT2D eigenvalue weighted by Gasteiger charge is -2.13. The van der Waals surface area contributed by atoms with Crippen LogP contribution in [0, 0.1) is 11.6 Å². The van der Waals surface area contributed by atoms with E-state index in [9.17, 15) is 8.78 Å². The van der Waals surface area contributed by atoms with E-state index in [4.69, 9.17) is 17.3 Å². The Kier molecular flexibility index (Phi) is 4.43. The molecule has 0 aliphatic rings. The highest BCUT2D eigenvalue weighted by Gasteiger charge is 2.12. The largest absolute Gasteiger partial charge is 0.393 e. The van der Waals surface area contributed by atoms with Crippen LogP contribution in [0.5, 0.6) is 0 Å². The molecule has 1 aromatic heterocycles. The number of rotatable bonds is 4. The number of para-hydroxylation sites is 1. The molecule has 0 bridgehead atoms. The Morgan fingerprint density at radius 2 is 1.58 bits per heavy atom. The summed E-state index contributed by atoms with van der Waals surface area (Å²) in [7, 11) is 0. The van der Waals surface area contributed by atoms with Gasteiger partial charge in [-0.05, 0) is 24.3 Å². The first-order valence-corrected chi connectivity index (χ1v) is 7.26. The minimum absolute atomic E-state index is 0.0795. The first-order valence-electron chi connectivity index (χ1n) is 6.88. The average Bonchev–Trinajstić information content (AvgIpc) is 2.56. The number of nitrogens with one attached hydrogen (secondary N) is 2. The van der Waals surface area contributed by atoms with Gasteiger partial charge in [0.15, 0.2) is 11.6 Å². The summed E-state index contributed by atoms with van der Waals surface area (Å²) >= 11 is 6.08.